The highest BCUT2D eigenvalue weighted by Crippen LogP contribution is 2.39. The van der Waals surface area contributed by atoms with Crippen molar-refractivity contribution >= 4 is 40.6 Å². The van der Waals surface area contributed by atoms with Crippen molar-refractivity contribution in [3.63, 3.8) is 0 Å². The monoisotopic (exact) mass is 414 g/mol. The Hall–Kier alpha value is -3.46. The van der Waals surface area contributed by atoms with E-state index in [1.807, 2.05) is 0 Å². The fourth-order valence-electron chi connectivity index (χ4n) is 2.68. The smallest absolute Gasteiger partial charge is 0.337 e. The number of carboxylic acid groups (broad SMARTS) is 1. The lowest BCUT2D eigenvalue weighted by atomic mass is 10.1. The van der Waals surface area contributed by atoms with Gasteiger partial charge in [-0.3, -0.25) is 4.79 Å². The van der Waals surface area contributed by atoms with Gasteiger partial charge in [0, 0.05) is 0 Å². The highest BCUT2D eigenvalue weighted by atomic mass is 32.2. The summed E-state index contributed by atoms with van der Waals surface area (Å²) in [7, 11) is 4.53. The molecule has 150 valence electrons. The molecule has 2 N–H and O–H groups in total. The molecule has 1 fully saturated rings. The quantitative estimate of drug-likeness (QED) is 0.699. The maximum absolute atomic E-state index is 12.3. The molecule has 9 heteroatoms. The van der Waals surface area contributed by atoms with E-state index in [4.69, 9.17) is 14.2 Å². The van der Waals surface area contributed by atoms with Gasteiger partial charge in [0.15, 0.2) is 16.7 Å². The van der Waals surface area contributed by atoms with Crippen LogP contribution in [-0.2, 0) is 4.79 Å². The normalized spacial score (nSPS) is 16.0. The number of ether oxygens (including phenoxy) is 3. The Morgan fingerprint density at radius 2 is 1.76 bits per heavy atom. The number of para-hydroxylation sites is 1. The standard InChI is InChI=1S/C20H18N2O6S/c1-26-14-8-11(9-15(27-2)17(14)28-3)10-16-18(23)22-20(29-16)21-13-7-5-4-6-12(13)19(24)25/h4-10H,1-3H3,(H,24,25)(H,21,22,23)/b16-10+. The van der Waals surface area contributed by atoms with E-state index in [0.717, 1.165) is 11.8 Å². The summed E-state index contributed by atoms with van der Waals surface area (Å²) in [4.78, 5) is 28.3. The molecule has 2 aromatic carbocycles. The summed E-state index contributed by atoms with van der Waals surface area (Å²) in [6.07, 6.45) is 1.66. The lowest BCUT2D eigenvalue weighted by Gasteiger charge is -2.12. The van der Waals surface area contributed by atoms with E-state index in [-0.39, 0.29) is 17.2 Å². The van der Waals surface area contributed by atoms with Crippen LogP contribution in [0.2, 0.25) is 0 Å². The minimum atomic E-state index is -1.09. The van der Waals surface area contributed by atoms with E-state index in [1.165, 1.54) is 27.4 Å². The zero-order valence-corrected chi connectivity index (χ0v) is 16.7. The first-order valence-electron chi connectivity index (χ1n) is 8.38. The largest absolute Gasteiger partial charge is 0.493 e. The summed E-state index contributed by atoms with van der Waals surface area (Å²) in [5.41, 5.74) is 0.984. The van der Waals surface area contributed by atoms with Crippen molar-refractivity contribution in [3.05, 3.63) is 52.4 Å². The minimum Gasteiger partial charge on any atom is -0.493 e. The fourth-order valence-corrected chi connectivity index (χ4v) is 3.51. The van der Waals surface area contributed by atoms with Gasteiger partial charge < -0.3 is 24.6 Å². The Morgan fingerprint density at radius 3 is 2.34 bits per heavy atom. The first kappa shape index (κ1) is 20.3. The number of carboxylic acids is 1. The number of amidine groups is 1. The predicted octanol–water partition coefficient (Wildman–Crippen LogP) is 3.30. The van der Waals surface area contributed by atoms with E-state index in [2.05, 4.69) is 10.3 Å². The maximum atomic E-state index is 12.3. The Morgan fingerprint density at radius 1 is 1.10 bits per heavy atom. The molecule has 0 spiro atoms. The van der Waals surface area contributed by atoms with Crippen LogP contribution in [0, 0.1) is 0 Å². The van der Waals surface area contributed by atoms with Gasteiger partial charge in [-0.25, -0.2) is 9.79 Å². The van der Waals surface area contributed by atoms with Crippen LogP contribution in [0.5, 0.6) is 17.2 Å². The lowest BCUT2D eigenvalue weighted by Crippen LogP contribution is -2.19. The van der Waals surface area contributed by atoms with E-state index in [1.54, 1.807) is 36.4 Å². The molecule has 1 aliphatic rings. The van der Waals surface area contributed by atoms with Gasteiger partial charge in [0.2, 0.25) is 5.75 Å². The Kier molecular flexibility index (Phi) is 6.08. The molecule has 1 saturated heterocycles. The third-order valence-corrected chi connectivity index (χ3v) is 4.90. The van der Waals surface area contributed by atoms with Crippen LogP contribution >= 0.6 is 11.8 Å². The van der Waals surface area contributed by atoms with Gasteiger partial charge in [-0.1, -0.05) is 12.1 Å². The van der Waals surface area contributed by atoms with Crippen molar-refractivity contribution in [2.75, 3.05) is 21.3 Å². The van der Waals surface area contributed by atoms with Gasteiger partial charge in [0.05, 0.1) is 37.5 Å². The number of amides is 1. The molecule has 0 aromatic heterocycles. The Balaban J connectivity index is 1.93. The lowest BCUT2D eigenvalue weighted by molar-refractivity contribution is -0.115. The number of carbonyl (C=O) groups is 2. The average Bonchev–Trinajstić information content (AvgIpc) is 3.05. The molecule has 1 amide bonds. The molecule has 1 heterocycles. The molecular weight excluding hydrogens is 396 g/mol. The van der Waals surface area contributed by atoms with Crippen molar-refractivity contribution in [1.82, 2.24) is 5.32 Å². The molecule has 0 bridgehead atoms. The van der Waals surface area contributed by atoms with Crippen molar-refractivity contribution < 1.29 is 28.9 Å². The molecule has 0 aliphatic carbocycles. The zero-order valence-electron chi connectivity index (χ0n) is 15.9. The summed E-state index contributed by atoms with van der Waals surface area (Å²) in [5, 5.41) is 12.2. The molecular formula is C20H18N2O6S. The first-order chi connectivity index (χ1) is 14.0. The highest BCUT2D eigenvalue weighted by molar-refractivity contribution is 8.18. The number of methoxy groups -OCH3 is 3. The number of nitrogens with one attached hydrogen (secondary N) is 1. The number of aromatic carboxylic acids is 1. The van der Waals surface area contributed by atoms with Crippen LogP contribution < -0.4 is 19.5 Å². The van der Waals surface area contributed by atoms with Crippen LogP contribution in [-0.4, -0.2) is 43.5 Å². The van der Waals surface area contributed by atoms with Crippen LogP contribution in [0.25, 0.3) is 6.08 Å². The zero-order chi connectivity index (χ0) is 21.0. The van der Waals surface area contributed by atoms with Gasteiger partial charge in [-0.2, -0.15) is 0 Å². The Labute approximate surface area is 171 Å². The summed E-state index contributed by atoms with van der Waals surface area (Å²) in [6, 6.07) is 9.76. The molecule has 29 heavy (non-hydrogen) atoms. The second kappa shape index (κ2) is 8.70. The van der Waals surface area contributed by atoms with E-state index < -0.39 is 5.97 Å². The van der Waals surface area contributed by atoms with E-state index in [0.29, 0.717) is 32.9 Å². The molecule has 1 aliphatic heterocycles. The van der Waals surface area contributed by atoms with Crippen LogP contribution in [0.3, 0.4) is 0 Å². The molecule has 8 nitrogen and oxygen atoms in total. The summed E-state index contributed by atoms with van der Waals surface area (Å²) < 4.78 is 15.9. The van der Waals surface area contributed by atoms with Crippen molar-refractivity contribution in [2.24, 2.45) is 4.99 Å². The maximum Gasteiger partial charge on any atom is 0.337 e. The second-order valence-electron chi connectivity index (χ2n) is 5.76. The number of hydrogen-bond acceptors (Lipinski definition) is 7. The third kappa shape index (κ3) is 4.35. The van der Waals surface area contributed by atoms with Crippen molar-refractivity contribution in [2.45, 2.75) is 0 Å². The molecule has 0 unspecified atom stereocenters. The summed E-state index contributed by atoms with van der Waals surface area (Å²) in [5.74, 6) is -0.0475. The Bertz CT molecular complexity index is 1010. The molecule has 3 rings (SSSR count). The molecule has 2 aromatic rings. The van der Waals surface area contributed by atoms with E-state index in [9.17, 15) is 14.7 Å². The molecule has 0 radical (unpaired) electrons. The van der Waals surface area contributed by atoms with Crippen molar-refractivity contribution in [1.29, 1.82) is 0 Å². The third-order valence-electron chi connectivity index (χ3n) is 3.99. The molecule has 0 saturated carbocycles. The average molecular weight is 414 g/mol. The number of rotatable bonds is 6. The van der Waals surface area contributed by atoms with Gasteiger partial charge >= 0.3 is 5.97 Å². The topological polar surface area (TPSA) is 106 Å². The van der Waals surface area contributed by atoms with E-state index >= 15 is 0 Å². The number of carbonyl (C=O) groups excluding carboxylic acids is 1. The van der Waals surface area contributed by atoms with Crippen LogP contribution in [0.1, 0.15) is 15.9 Å². The SMILES string of the molecule is COc1cc(/C=C2/SC(=Nc3ccccc3C(=O)O)NC2=O)cc(OC)c1OC. The van der Waals surface area contributed by atoms with Crippen LogP contribution in [0.4, 0.5) is 5.69 Å². The summed E-state index contributed by atoms with van der Waals surface area (Å²) >= 11 is 1.11. The fraction of sp³-hybridized carbons (Fsp3) is 0.150. The van der Waals surface area contributed by atoms with Crippen LogP contribution in [0.15, 0.2) is 46.3 Å². The number of thioether (sulfide) groups is 1. The number of nitrogens with zero attached hydrogens (tertiary/aromatic N) is 1. The highest BCUT2D eigenvalue weighted by Gasteiger charge is 2.25. The number of benzene rings is 2. The first-order valence-corrected chi connectivity index (χ1v) is 9.20. The number of aliphatic imine (C=N–C) groups is 1. The molecule has 0 atom stereocenters. The van der Waals surface area contributed by atoms with Gasteiger partial charge in [-0.15, -0.1) is 0 Å². The minimum absolute atomic E-state index is 0.0527. The van der Waals surface area contributed by atoms with Gasteiger partial charge in [0.25, 0.3) is 5.91 Å². The summed E-state index contributed by atoms with van der Waals surface area (Å²) in [6.45, 7) is 0. The second-order valence-corrected chi connectivity index (χ2v) is 6.79. The predicted molar refractivity (Wildman–Crippen MR) is 110 cm³/mol. The van der Waals surface area contributed by atoms with Crippen molar-refractivity contribution in [3.8, 4) is 17.2 Å². The van der Waals surface area contributed by atoms with Gasteiger partial charge in [0.1, 0.15) is 0 Å². The van der Waals surface area contributed by atoms with Gasteiger partial charge in [-0.05, 0) is 47.7 Å². The number of hydrogen-bond donors (Lipinski definition) is 2.